The maximum absolute atomic E-state index is 6.53. The Kier molecular flexibility index (Phi) is 4.16. The van der Waals surface area contributed by atoms with Crippen molar-refractivity contribution in [2.45, 2.75) is 83.2 Å². The van der Waals surface area contributed by atoms with Crippen LogP contribution < -0.4 is 5.73 Å². The fraction of sp³-hybridized carbons (Fsp3) is 0.824. The fourth-order valence-electron chi connectivity index (χ4n) is 4.06. The Balaban J connectivity index is 1.62. The minimum Gasteiger partial charge on any atom is -0.327 e. The molecule has 1 aromatic heterocycles. The smallest absolute Gasteiger partial charge is 0.0640 e. The van der Waals surface area contributed by atoms with Gasteiger partial charge in [-0.25, -0.2) is 0 Å². The van der Waals surface area contributed by atoms with Crippen LogP contribution in [-0.4, -0.2) is 15.8 Å². The third-order valence-corrected chi connectivity index (χ3v) is 5.68. The van der Waals surface area contributed by atoms with Crippen LogP contribution in [0.5, 0.6) is 0 Å². The fourth-order valence-corrected chi connectivity index (χ4v) is 4.06. The first kappa shape index (κ1) is 14.1. The summed E-state index contributed by atoms with van der Waals surface area (Å²) in [7, 11) is 0. The highest BCUT2D eigenvalue weighted by atomic mass is 15.3. The van der Waals surface area contributed by atoms with Crippen molar-refractivity contribution in [2.75, 3.05) is 0 Å². The van der Waals surface area contributed by atoms with Gasteiger partial charge >= 0.3 is 0 Å². The molecule has 0 aliphatic heterocycles. The summed E-state index contributed by atoms with van der Waals surface area (Å²) in [5.41, 5.74) is 8.05. The summed E-state index contributed by atoms with van der Waals surface area (Å²) < 4.78 is 2.19. The number of nitrogens with zero attached hydrogens (tertiary/aromatic N) is 2. The quantitative estimate of drug-likeness (QED) is 0.907. The van der Waals surface area contributed by atoms with E-state index in [1.54, 1.807) is 0 Å². The molecular formula is C17H29N3. The Bertz CT molecular complexity index is 425. The number of hydrogen-bond donors (Lipinski definition) is 1. The molecule has 0 amide bonds. The van der Waals surface area contributed by atoms with Crippen LogP contribution in [0.2, 0.25) is 0 Å². The van der Waals surface area contributed by atoms with E-state index in [0.717, 1.165) is 6.42 Å². The molecule has 3 rings (SSSR count). The van der Waals surface area contributed by atoms with Gasteiger partial charge in [-0.2, -0.15) is 5.10 Å². The molecule has 3 nitrogen and oxygen atoms in total. The molecule has 3 heteroatoms. The zero-order valence-electron chi connectivity index (χ0n) is 12.9. The highest BCUT2D eigenvalue weighted by Gasteiger charge is 2.33. The van der Waals surface area contributed by atoms with E-state index in [1.165, 1.54) is 63.5 Å². The van der Waals surface area contributed by atoms with E-state index in [0.29, 0.717) is 11.5 Å². The Labute approximate surface area is 122 Å². The van der Waals surface area contributed by atoms with Gasteiger partial charge < -0.3 is 5.73 Å². The summed E-state index contributed by atoms with van der Waals surface area (Å²) in [6.45, 7) is 2.38. The van der Waals surface area contributed by atoms with Gasteiger partial charge in [0.1, 0.15) is 0 Å². The van der Waals surface area contributed by atoms with Crippen LogP contribution in [-0.2, 0) is 6.42 Å². The van der Waals surface area contributed by atoms with E-state index >= 15 is 0 Å². The monoisotopic (exact) mass is 275 g/mol. The van der Waals surface area contributed by atoms with Crippen molar-refractivity contribution < 1.29 is 0 Å². The van der Waals surface area contributed by atoms with E-state index in [1.807, 2.05) is 0 Å². The Hall–Kier alpha value is -0.830. The summed E-state index contributed by atoms with van der Waals surface area (Å²) in [5.74, 6) is 0. The van der Waals surface area contributed by atoms with Crippen molar-refractivity contribution in [3.63, 3.8) is 0 Å². The zero-order valence-corrected chi connectivity index (χ0v) is 12.9. The van der Waals surface area contributed by atoms with E-state index in [-0.39, 0.29) is 6.04 Å². The van der Waals surface area contributed by atoms with Crippen LogP contribution in [0.25, 0.3) is 0 Å². The van der Waals surface area contributed by atoms with Gasteiger partial charge in [0.2, 0.25) is 0 Å². The molecule has 0 saturated heterocycles. The predicted octanol–water partition coefficient (Wildman–Crippen LogP) is 3.84. The lowest BCUT2D eigenvalue weighted by atomic mass is 9.70. The lowest BCUT2D eigenvalue weighted by molar-refractivity contribution is 0.168. The molecule has 1 unspecified atom stereocenters. The maximum atomic E-state index is 6.53. The average molecular weight is 275 g/mol. The van der Waals surface area contributed by atoms with Crippen molar-refractivity contribution in [1.82, 2.24) is 9.78 Å². The Morgan fingerprint density at radius 3 is 2.65 bits per heavy atom. The lowest BCUT2D eigenvalue weighted by Crippen LogP contribution is -2.42. The first-order chi connectivity index (χ1) is 9.67. The molecule has 1 atom stereocenters. The molecule has 2 saturated carbocycles. The highest BCUT2D eigenvalue weighted by Crippen LogP contribution is 2.39. The molecule has 2 N–H and O–H groups in total. The summed E-state index contributed by atoms with van der Waals surface area (Å²) in [5, 5.41) is 4.79. The third kappa shape index (κ3) is 2.93. The SMILES string of the molecule is CC1(C(N)Cc2ccn(C3CCCC3)n2)CCCCC1. The van der Waals surface area contributed by atoms with Crippen molar-refractivity contribution in [2.24, 2.45) is 11.1 Å². The van der Waals surface area contributed by atoms with Crippen molar-refractivity contribution >= 4 is 0 Å². The second kappa shape index (κ2) is 5.88. The van der Waals surface area contributed by atoms with Gasteiger partial charge in [-0.1, -0.05) is 39.0 Å². The van der Waals surface area contributed by atoms with Gasteiger partial charge in [0.15, 0.2) is 0 Å². The van der Waals surface area contributed by atoms with E-state index < -0.39 is 0 Å². The molecule has 0 aromatic carbocycles. The molecule has 0 spiro atoms. The predicted molar refractivity (Wildman–Crippen MR) is 82.6 cm³/mol. The van der Waals surface area contributed by atoms with Crippen LogP contribution in [0.1, 0.15) is 76.4 Å². The number of aromatic nitrogens is 2. The molecule has 2 aliphatic carbocycles. The van der Waals surface area contributed by atoms with Crippen molar-refractivity contribution in [3.05, 3.63) is 18.0 Å². The van der Waals surface area contributed by atoms with Crippen LogP contribution in [0.4, 0.5) is 0 Å². The van der Waals surface area contributed by atoms with Gasteiger partial charge in [0.05, 0.1) is 11.7 Å². The Morgan fingerprint density at radius 2 is 1.95 bits per heavy atom. The lowest BCUT2D eigenvalue weighted by Gasteiger charge is -2.38. The zero-order chi connectivity index (χ0) is 14.0. The standard InChI is InChI=1S/C17H29N3/c1-17(10-5-2-6-11-17)16(18)13-14-9-12-20(19-14)15-7-3-4-8-15/h9,12,15-16H,2-8,10-11,13,18H2,1H3. The van der Waals surface area contributed by atoms with Crippen LogP contribution in [0.15, 0.2) is 12.3 Å². The van der Waals surface area contributed by atoms with Crippen molar-refractivity contribution in [3.8, 4) is 0 Å². The highest BCUT2D eigenvalue weighted by molar-refractivity contribution is 5.05. The van der Waals surface area contributed by atoms with Crippen LogP contribution in [0, 0.1) is 5.41 Å². The molecule has 112 valence electrons. The normalized spacial score (nSPS) is 24.9. The summed E-state index contributed by atoms with van der Waals surface area (Å²) in [6.07, 6.45) is 15.1. The second-order valence-corrected chi connectivity index (χ2v) is 7.25. The summed E-state index contributed by atoms with van der Waals surface area (Å²) in [4.78, 5) is 0. The van der Waals surface area contributed by atoms with Gasteiger partial charge in [0.25, 0.3) is 0 Å². The maximum Gasteiger partial charge on any atom is 0.0640 e. The molecule has 20 heavy (non-hydrogen) atoms. The van der Waals surface area contributed by atoms with Crippen LogP contribution in [0.3, 0.4) is 0 Å². The van der Waals surface area contributed by atoms with E-state index in [9.17, 15) is 0 Å². The van der Waals surface area contributed by atoms with Crippen molar-refractivity contribution in [1.29, 1.82) is 0 Å². The molecule has 1 aromatic rings. The molecule has 2 aliphatic rings. The second-order valence-electron chi connectivity index (χ2n) is 7.25. The number of rotatable bonds is 4. The van der Waals surface area contributed by atoms with Gasteiger partial charge in [-0.05, 0) is 37.2 Å². The molecule has 1 heterocycles. The van der Waals surface area contributed by atoms with E-state index in [2.05, 4.69) is 23.9 Å². The average Bonchev–Trinajstić information content (AvgIpc) is 3.09. The molecule has 0 bridgehead atoms. The summed E-state index contributed by atoms with van der Waals surface area (Å²) in [6, 6.07) is 3.09. The minimum atomic E-state index is 0.259. The minimum absolute atomic E-state index is 0.259. The van der Waals surface area contributed by atoms with Gasteiger partial charge in [-0.15, -0.1) is 0 Å². The summed E-state index contributed by atoms with van der Waals surface area (Å²) >= 11 is 0. The van der Waals surface area contributed by atoms with E-state index in [4.69, 9.17) is 10.8 Å². The first-order valence-electron chi connectivity index (χ1n) is 8.47. The molecule has 0 radical (unpaired) electrons. The van der Waals surface area contributed by atoms with Crippen LogP contribution >= 0.6 is 0 Å². The van der Waals surface area contributed by atoms with Gasteiger partial charge in [0, 0.05) is 18.7 Å². The third-order valence-electron chi connectivity index (χ3n) is 5.68. The Morgan fingerprint density at radius 1 is 1.25 bits per heavy atom. The molecule has 2 fully saturated rings. The largest absolute Gasteiger partial charge is 0.327 e. The van der Waals surface area contributed by atoms with Gasteiger partial charge in [-0.3, -0.25) is 4.68 Å². The number of hydrogen-bond acceptors (Lipinski definition) is 2. The first-order valence-corrected chi connectivity index (χ1v) is 8.47. The molecular weight excluding hydrogens is 246 g/mol. The topological polar surface area (TPSA) is 43.8 Å². The number of nitrogens with two attached hydrogens (primary N) is 1.